The molecule has 0 bridgehead atoms. The van der Waals surface area contributed by atoms with Crippen molar-refractivity contribution in [2.45, 2.75) is 76.4 Å². The van der Waals surface area contributed by atoms with E-state index in [4.69, 9.17) is 0 Å². The number of aromatic nitrogens is 2. The molecule has 37 heavy (non-hydrogen) atoms. The number of pyridine rings is 1. The Morgan fingerprint density at radius 3 is 2.51 bits per heavy atom. The summed E-state index contributed by atoms with van der Waals surface area (Å²) in [5.41, 5.74) is 0.573. The minimum absolute atomic E-state index is 0.0437. The predicted molar refractivity (Wildman–Crippen MR) is 126 cm³/mol. The summed E-state index contributed by atoms with van der Waals surface area (Å²) in [5, 5.41) is 14.4. The third-order valence-corrected chi connectivity index (χ3v) is 7.56. The predicted octanol–water partition coefficient (Wildman–Crippen LogP) is 4.00. The van der Waals surface area contributed by atoms with Crippen molar-refractivity contribution in [1.82, 2.24) is 20.2 Å². The van der Waals surface area contributed by atoms with Crippen LogP contribution in [0.1, 0.15) is 59.0 Å². The van der Waals surface area contributed by atoms with Crippen molar-refractivity contribution in [3.63, 3.8) is 0 Å². The van der Waals surface area contributed by atoms with Crippen molar-refractivity contribution in [2.24, 2.45) is 0 Å². The number of rotatable bonds is 6. The van der Waals surface area contributed by atoms with Crippen LogP contribution in [0.4, 0.5) is 27.8 Å². The Morgan fingerprint density at radius 1 is 1.30 bits per heavy atom. The van der Waals surface area contributed by atoms with E-state index in [0.29, 0.717) is 24.0 Å². The van der Waals surface area contributed by atoms with Crippen molar-refractivity contribution < 1.29 is 36.6 Å². The second-order valence-electron chi connectivity index (χ2n) is 9.63. The fourth-order valence-corrected chi connectivity index (χ4v) is 5.33. The maximum atomic E-state index is 14.0. The van der Waals surface area contributed by atoms with Crippen molar-refractivity contribution in [3.8, 4) is 10.4 Å². The zero-order chi connectivity index (χ0) is 27.3. The van der Waals surface area contributed by atoms with E-state index < -0.39 is 55.1 Å². The Hall–Kier alpha value is -2.87. The van der Waals surface area contributed by atoms with E-state index in [0.717, 1.165) is 23.2 Å². The highest BCUT2D eigenvalue weighted by Gasteiger charge is 2.46. The summed E-state index contributed by atoms with van der Waals surface area (Å²) >= 11 is 0.863. The van der Waals surface area contributed by atoms with Gasteiger partial charge in [0.05, 0.1) is 17.5 Å². The quantitative estimate of drug-likeness (QED) is 0.472. The number of carbonyl (C=O) groups excluding carboxylic acids is 2. The van der Waals surface area contributed by atoms with Gasteiger partial charge in [0, 0.05) is 30.3 Å². The van der Waals surface area contributed by atoms with Gasteiger partial charge >= 0.3 is 6.18 Å². The first-order valence-electron chi connectivity index (χ1n) is 11.6. The van der Waals surface area contributed by atoms with Gasteiger partial charge in [-0.1, -0.05) is 0 Å². The molecule has 0 spiro atoms. The van der Waals surface area contributed by atoms with Gasteiger partial charge in [0.15, 0.2) is 5.01 Å². The second-order valence-corrected chi connectivity index (χ2v) is 10.6. The number of alkyl halides is 5. The smallest absolute Gasteiger partial charge is 0.393 e. The van der Waals surface area contributed by atoms with Crippen LogP contribution in [0, 0.1) is 6.92 Å². The lowest BCUT2D eigenvalue weighted by Crippen LogP contribution is -2.46. The molecule has 1 aliphatic heterocycles. The SMILES string of the molecule is Cc1cc(N[C@@H](C)C(F)(F)F)ncc1-c1sc(C(=O)N[C@H]2C[C@H](O)C2)nc1C(=O)N1CC(F)(F)C[C@@H]1C. The highest BCUT2D eigenvalue weighted by Crippen LogP contribution is 2.38. The maximum Gasteiger partial charge on any atom is 0.408 e. The normalized spacial score (nSPS) is 23.9. The van der Waals surface area contributed by atoms with Gasteiger partial charge in [-0.25, -0.2) is 18.7 Å². The monoisotopic (exact) mass is 547 g/mol. The zero-order valence-electron chi connectivity index (χ0n) is 20.2. The molecule has 1 saturated heterocycles. The Balaban J connectivity index is 1.68. The molecule has 202 valence electrons. The highest BCUT2D eigenvalue weighted by molar-refractivity contribution is 7.17. The molecule has 2 fully saturated rings. The van der Waals surface area contributed by atoms with Crippen molar-refractivity contribution in [2.75, 3.05) is 11.9 Å². The number of aliphatic hydroxyl groups excluding tert-OH is 1. The van der Waals surface area contributed by atoms with Crippen molar-refractivity contribution >= 4 is 29.0 Å². The van der Waals surface area contributed by atoms with Gasteiger partial charge in [0.25, 0.3) is 17.7 Å². The molecule has 0 aromatic carbocycles. The summed E-state index contributed by atoms with van der Waals surface area (Å²) in [6.07, 6.45) is -3.48. The summed E-state index contributed by atoms with van der Waals surface area (Å²) in [6.45, 7) is 3.25. The molecule has 0 radical (unpaired) electrons. The molecule has 2 amide bonds. The molecule has 2 aromatic heterocycles. The van der Waals surface area contributed by atoms with E-state index in [9.17, 15) is 36.6 Å². The Bertz CT molecular complexity index is 1200. The molecule has 0 unspecified atom stereocenters. The standard InChI is InChI=1S/C23H26F5N5O3S/c1-10-4-16(30-12(3)23(26,27)28)29-8-15(10)18-17(21(36)33-9-22(24,25)7-11(33)2)32-20(37-18)19(35)31-13-5-14(34)6-13/h4,8,11-14,34H,5-7,9H2,1-3H3,(H,29,30)(H,31,35)/t11-,12-,13-,14-/m0/s1. The molecule has 3 N–H and O–H groups in total. The number of anilines is 1. The molecule has 2 aromatic rings. The Morgan fingerprint density at radius 2 is 1.97 bits per heavy atom. The van der Waals surface area contributed by atoms with E-state index in [2.05, 4.69) is 20.6 Å². The summed E-state index contributed by atoms with van der Waals surface area (Å²) in [5.74, 6) is -4.46. The average Bonchev–Trinajstić information content (AvgIpc) is 3.31. The second kappa shape index (κ2) is 9.78. The van der Waals surface area contributed by atoms with Gasteiger partial charge in [-0.3, -0.25) is 9.59 Å². The van der Waals surface area contributed by atoms with Gasteiger partial charge in [0.1, 0.15) is 17.6 Å². The highest BCUT2D eigenvalue weighted by atomic mass is 32.1. The van der Waals surface area contributed by atoms with E-state index in [1.165, 1.54) is 19.2 Å². The van der Waals surface area contributed by atoms with Gasteiger partial charge in [0.2, 0.25) is 0 Å². The number of amides is 2. The fraction of sp³-hybridized carbons (Fsp3) is 0.565. The lowest BCUT2D eigenvalue weighted by atomic mass is 9.89. The average molecular weight is 548 g/mol. The van der Waals surface area contributed by atoms with E-state index in [-0.39, 0.29) is 27.4 Å². The van der Waals surface area contributed by atoms with Gasteiger partial charge in [-0.05, 0) is 45.2 Å². The van der Waals surface area contributed by atoms with Gasteiger partial charge in [-0.15, -0.1) is 11.3 Å². The molecule has 8 nitrogen and oxygen atoms in total. The number of carbonyl (C=O) groups is 2. The number of aliphatic hydroxyl groups is 1. The molecular weight excluding hydrogens is 521 g/mol. The van der Waals surface area contributed by atoms with Crippen molar-refractivity contribution in [3.05, 3.63) is 28.5 Å². The Kier molecular flexibility index (Phi) is 7.18. The van der Waals surface area contributed by atoms with Gasteiger partial charge in [-0.2, -0.15) is 13.2 Å². The topological polar surface area (TPSA) is 107 Å². The lowest BCUT2D eigenvalue weighted by molar-refractivity contribution is -0.138. The largest absolute Gasteiger partial charge is 0.408 e. The number of hydrogen-bond acceptors (Lipinski definition) is 7. The first-order chi connectivity index (χ1) is 17.1. The van der Waals surface area contributed by atoms with Crippen molar-refractivity contribution in [1.29, 1.82) is 0 Å². The molecule has 14 heteroatoms. The number of halogens is 5. The number of nitrogens with zero attached hydrogens (tertiary/aromatic N) is 3. The summed E-state index contributed by atoms with van der Waals surface area (Å²) in [7, 11) is 0. The molecule has 1 aliphatic carbocycles. The minimum Gasteiger partial charge on any atom is -0.393 e. The summed E-state index contributed by atoms with van der Waals surface area (Å²) in [6, 6.07) is -1.51. The number of aryl methyl sites for hydroxylation is 1. The molecular formula is C23H26F5N5O3S. The number of likely N-dealkylation sites (tertiary alicyclic amines) is 1. The van der Waals surface area contributed by atoms with Crippen LogP contribution in [0.5, 0.6) is 0 Å². The van der Waals surface area contributed by atoms with E-state index in [1.54, 1.807) is 6.92 Å². The first-order valence-corrected chi connectivity index (χ1v) is 12.4. The number of nitrogens with one attached hydrogen (secondary N) is 2. The lowest BCUT2D eigenvalue weighted by Gasteiger charge is -2.31. The van der Waals surface area contributed by atoms with E-state index >= 15 is 0 Å². The maximum absolute atomic E-state index is 14.0. The van der Waals surface area contributed by atoms with Crippen LogP contribution in [-0.2, 0) is 0 Å². The van der Waals surface area contributed by atoms with Gasteiger partial charge < -0.3 is 20.6 Å². The van der Waals surface area contributed by atoms with Crippen LogP contribution >= 0.6 is 11.3 Å². The molecule has 3 heterocycles. The molecule has 2 atom stereocenters. The summed E-state index contributed by atoms with van der Waals surface area (Å²) < 4.78 is 66.8. The Labute approximate surface area is 213 Å². The molecule has 1 saturated carbocycles. The zero-order valence-corrected chi connectivity index (χ0v) is 21.0. The number of thiazole rings is 1. The number of hydrogen-bond donors (Lipinski definition) is 3. The third-order valence-electron chi connectivity index (χ3n) is 6.47. The summed E-state index contributed by atoms with van der Waals surface area (Å²) in [4.78, 5) is 35.6. The van der Waals surface area contributed by atoms with Crippen LogP contribution in [0.3, 0.4) is 0 Å². The van der Waals surface area contributed by atoms with E-state index in [1.807, 2.05) is 0 Å². The molecule has 4 rings (SSSR count). The molecule has 2 aliphatic rings. The van der Waals surface area contributed by atoms with Crippen LogP contribution < -0.4 is 10.6 Å². The van der Waals surface area contributed by atoms with Crippen LogP contribution in [0.2, 0.25) is 0 Å². The first kappa shape index (κ1) is 27.2. The minimum atomic E-state index is -4.49. The third kappa shape index (κ3) is 5.84. The van der Waals surface area contributed by atoms with Crippen LogP contribution in [-0.4, -0.2) is 74.7 Å². The van der Waals surface area contributed by atoms with Crippen LogP contribution in [0.15, 0.2) is 12.3 Å². The van der Waals surface area contributed by atoms with Crippen LogP contribution in [0.25, 0.3) is 10.4 Å². The fourth-order valence-electron chi connectivity index (χ4n) is 4.29.